The van der Waals surface area contributed by atoms with Crippen molar-refractivity contribution < 1.29 is 18.3 Å². The van der Waals surface area contributed by atoms with E-state index in [4.69, 9.17) is 0 Å². The fraction of sp³-hybridized carbons (Fsp3) is 0.933. The van der Waals surface area contributed by atoms with Gasteiger partial charge in [0, 0.05) is 19.6 Å². The number of carboxylic acid groups (broad SMARTS) is 1. The fourth-order valence-corrected chi connectivity index (χ4v) is 6.22. The normalized spacial score (nSPS) is 30.6. The maximum absolute atomic E-state index is 12.8. The summed E-state index contributed by atoms with van der Waals surface area (Å²) >= 11 is 0. The molecule has 22 heavy (non-hydrogen) atoms. The van der Waals surface area contributed by atoms with Crippen molar-refractivity contribution in [2.24, 2.45) is 5.41 Å². The number of piperidine rings is 1. The highest BCUT2D eigenvalue weighted by molar-refractivity contribution is 7.86. The molecule has 3 fully saturated rings. The minimum Gasteiger partial charge on any atom is -0.480 e. The average molecular weight is 330 g/mol. The lowest BCUT2D eigenvalue weighted by Crippen LogP contribution is -2.52. The van der Waals surface area contributed by atoms with Gasteiger partial charge < -0.3 is 5.11 Å². The molecule has 1 aliphatic carbocycles. The van der Waals surface area contributed by atoms with Crippen molar-refractivity contribution in [2.75, 3.05) is 19.6 Å². The number of carboxylic acids is 1. The molecule has 3 rings (SSSR count). The molecule has 2 saturated heterocycles. The second-order valence-electron chi connectivity index (χ2n) is 7.07. The lowest BCUT2D eigenvalue weighted by molar-refractivity contribution is -0.140. The summed E-state index contributed by atoms with van der Waals surface area (Å²) < 4.78 is 28.2. The van der Waals surface area contributed by atoms with E-state index in [0.717, 1.165) is 12.8 Å². The monoisotopic (exact) mass is 330 g/mol. The summed E-state index contributed by atoms with van der Waals surface area (Å²) in [5, 5.41) is 9.22. The number of carbonyl (C=O) groups is 1. The molecule has 1 spiro atoms. The van der Waals surface area contributed by atoms with Crippen molar-refractivity contribution in [3.63, 3.8) is 0 Å². The Morgan fingerprint density at radius 2 is 1.59 bits per heavy atom. The second-order valence-corrected chi connectivity index (χ2v) is 8.96. The molecule has 0 aromatic rings. The molecular formula is C15H26N2O4S. The molecule has 0 aromatic heterocycles. The summed E-state index contributed by atoms with van der Waals surface area (Å²) in [4.78, 5) is 11.3. The van der Waals surface area contributed by atoms with Gasteiger partial charge in [0.05, 0.1) is 0 Å². The van der Waals surface area contributed by atoms with Crippen LogP contribution in [0, 0.1) is 5.41 Å². The number of nitrogens with zero attached hydrogens (tertiary/aromatic N) is 2. The van der Waals surface area contributed by atoms with Crippen LogP contribution in [-0.2, 0) is 15.0 Å². The first-order valence-corrected chi connectivity index (χ1v) is 9.84. The van der Waals surface area contributed by atoms with Gasteiger partial charge in [-0.3, -0.25) is 4.79 Å². The van der Waals surface area contributed by atoms with E-state index >= 15 is 0 Å². The molecule has 126 valence electrons. The van der Waals surface area contributed by atoms with Crippen LogP contribution in [0.2, 0.25) is 0 Å². The van der Waals surface area contributed by atoms with E-state index in [-0.39, 0.29) is 0 Å². The molecule has 7 heteroatoms. The van der Waals surface area contributed by atoms with Crippen molar-refractivity contribution in [1.82, 2.24) is 8.61 Å². The highest BCUT2D eigenvalue weighted by Gasteiger charge is 2.44. The molecule has 0 bridgehead atoms. The molecule has 1 saturated carbocycles. The Morgan fingerprint density at radius 1 is 0.955 bits per heavy atom. The highest BCUT2D eigenvalue weighted by Crippen LogP contribution is 2.45. The highest BCUT2D eigenvalue weighted by atomic mass is 32.2. The summed E-state index contributed by atoms with van der Waals surface area (Å²) in [6.45, 7) is 1.43. The Balaban J connectivity index is 1.68. The van der Waals surface area contributed by atoms with Crippen LogP contribution in [0.4, 0.5) is 0 Å². The third-order valence-electron chi connectivity index (χ3n) is 5.81. The largest absolute Gasteiger partial charge is 0.480 e. The summed E-state index contributed by atoms with van der Waals surface area (Å²) in [5.41, 5.74) is 0.349. The van der Waals surface area contributed by atoms with Crippen molar-refractivity contribution in [3.8, 4) is 0 Å². The molecule has 2 heterocycles. The van der Waals surface area contributed by atoms with Gasteiger partial charge in [0.15, 0.2) is 0 Å². The third-order valence-corrected chi connectivity index (χ3v) is 7.86. The Morgan fingerprint density at radius 3 is 2.18 bits per heavy atom. The predicted octanol–water partition coefficient (Wildman–Crippen LogP) is 1.83. The van der Waals surface area contributed by atoms with Gasteiger partial charge in [-0.2, -0.15) is 17.0 Å². The zero-order chi connectivity index (χ0) is 15.8. The SMILES string of the molecule is O=C(O)[C@H]1CCCN1S(=O)(=O)N1CCC2(CCCCC2)CC1. The van der Waals surface area contributed by atoms with Crippen LogP contribution < -0.4 is 0 Å². The summed E-state index contributed by atoms with van der Waals surface area (Å²) in [7, 11) is -3.63. The van der Waals surface area contributed by atoms with Crippen LogP contribution in [0.3, 0.4) is 0 Å². The van der Waals surface area contributed by atoms with E-state index in [1.807, 2.05) is 0 Å². The Bertz CT molecular complexity index is 518. The van der Waals surface area contributed by atoms with Gasteiger partial charge >= 0.3 is 5.97 Å². The van der Waals surface area contributed by atoms with Crippen molar-refractivity contribution >= 4 is 16.2 Å². The Kier molecular flexibility index (Phi) is 4.49. The molecule has 0 unspecified atom stereocenters. The minimum atomic E-state index is -3.63. The van der Waals surface area contributed by atoms with Gasteiger partial charge in [-0.25, -0.2) is 0 Å². The van der Waals surface area contributed by atoms with Crippen LogP contribution in [0.15, 0.2) is 0 Å². The van der Waals surface area contributed by atoms with E-state index in [2.05, 4.69) is 0 Å². The first-order valence-electron chi connectivity index (χ1n) is 8.44. The van der Waals surface area contributed by atoms with E-state index < -0.39 is 22.2 Å². The molecular weight excluding hydrogens is 304 g/mol. The van der Waals surface area contributed by atoms with E-state index in [1.54, 1.807) is 0 Å². The maximum Gasteiger partial charge on any atom is 0.322 e. The maximum atomic E-state index is 12.8. The van der Waals surface area contributed by atoms with E-state index in [1.165, 1.54) is 40.7 Å². The molecule has 1 N–H and O–H groups in total. The zero-order valence-corrected chi connectivity index (χ0v) is 13.9. The van der Waals surface area contributed by atoms with Crippen LogP contribution >= 0.6 is 0 Å². The number of aliphatic carboxylic acids is 1. The van der Waals surface area contributed by atoms with Crippen LogP contribution in [0.1, 0.15) is 57.8 Å². The third kappa shape index (κ3) is 2.90. The zero-order valence-electron chi connectivity index (χ0n) is 13.0. The minimum absolute atomic E-state index is 0.334. The van der Waals surface area contributed by atoms with Gasteiger partial charge in [0.25, 0.3) is 10.2 Å². The standard InChI is InChI=1S/C15H26N2O4S/c18-14(19)13-5-4-10-17(13)22(20,21)16-11-8-15(9-12-16)6-2-1-3-7-15/h13H,1-12H2,(H,18,19)/t13-/m1/s1. The molecule has 1 atom stereocenters. The number of hydrogen-bond acceptors (Lipinski definition) is 3. The Hall–Kier alpha value is -0.660. The van der Waals surface area contributed by atoms with Gasteiger partial charge in [-0.05, 0) is 43.9 Å². The fourth-order valence-electron chi connectivity index (χ4n) is 4.40. The van der Waals surface area contributed by atoms with Gasteiger partial charge in [-0.15, -0.1) is 0 Å². The number of hydrogen-bond donors (Lipinski definition) is 1. The quantitative estimate of drug-likeness (QED) is 0.856. The van der Waals surface area contributed by atoms with Crippen molar-refractivity contribution in [3.05, 3.63) is 0 Å². The van der Waals surface area contributed by atoms with Gasteiger partial charge in [0.1, 0.15) is 6.04 Å². The van der Waals surface area contributed by atoms with Crippen LogP contribution in [-0.4, -0.2) is 53.8 Å². The summed E-state index contributed by atoms with van der Waals surface area (Å²) in [6, 6.07) is -0.879. The Labute approximate surface area is 132 Å². The molecule has 6 nitrogen and oxygen atoms in total. The summed E-state index contributed by atoms with van der Waals surface area (Å²) in [6.07, 6.45) is 9.19. The lowest BCUT2D eigenvalue weighted by atomic mass is 9.68. The first-order chi connectivity index (χ1) is 10.4. The molecule has 2 aliphatic heterocycles. The topological polar surface area (TPSA) is 77.9 Å². The van der Waals surface area contributed by atoms with Crippen LogP contribution in [0.25, 0.3) is 0 Å². The lowest BCUT2D eigenvalue weighted by Gasteiger charge is -2.44. The molecule has 3 aliphatic rings. The molecule has 0 amide bonds. The first kappa shape index (κ1) is 16.2. The predicted molar refractivity (Wildman–Crippen MR) is 82.6 cm³/mol. The summed E-state index contributed by atoms with van der Waals surface area (Å²) in [5.74, 6) is -1.03. The van der Waals surface area contributed by atoms with Gasteiger partial charge in [0.2, 0.25) is 0 Å². The molecule has 0 aromatic carbocycles. The van der Waals surface area contributed by atoms with Crippen molar-refractivity contribution in [2.45, 2.75) is 63.8 Å². The average Bonchev–Trinajstić information content (AvgIpc) is 2.99. The van der Waals surface area contributed by atoms with E-state index in [9.17, 15) is 18.3 Å². The van der Waals surface area contributed by atoms with Crippen molar-refractivity contribution in [1.29, 1.82) is 0 Å². The smallest absolute Gasteiger partial charge is 0.322 e. The number of rotatable bonds is 3. The van der Waals surface area contributed by atoms with E-state index in [0.29, 0.717) is 37.9 Å². The van der Waals surface area contributed by atoms with Crippen LogP contribution in [0.5, 0.6) is 0 Å². The van der Waals surface area contributed by atoms with Gasteiger partial charge in [-0.1, -0.05) is 19.3 Å². The molecule has 0 radical (unpaired) electrons. The second kappa shape index (κ2) is 6.09.